The van der Waals surface area contributed by atoms with Gasteiger partial charge in [0.05, 0.1) is 3.23 Å². The predicted octanol–water partition coefficient (Wildman–Crippen LogP) is 2.10. The quantitative estimate of drug-likeness (QED) is 0.664. The third kappa shape index (κ3) is 0.718. The lowest BCUT2D eigenvalue weighted by molar-refractivity contribution is 0.382. The molecule has 1 saturated heterocycles. The number of hydrogen-bond donors (Lipinski definition) is 1. The smallest absolute Gasteiger partial charge is 0.0909 e. The largest absolute Gasteiger partial charge is 0.316 e. The Morgan fingerprint density at radius 1 is 1.50 bits per heavy atom. The van der Waals surface area contributed by atoms with Crippen molar-refractivity contribution in [2.75, 3.05) is 13.1 Å². The third-order valence-corrected chi connectivity index (χ3v) is 5.97. The first-order valence-electron chi connectivity index (χ1n) is 3.67. The van der Waals surface area contributed by atoms with Crippen LogP contribution in [0.1, 0.15) is 13.3 Å². The average molecular weight is 269 g/mol. The van der Waals surface area contributed by atoms with E-state index < -0.39 is 0 Å². The molecule has 1 N–H and O–H groups in total. The maximum atomic E-state index is 3.71. The first-order valence-corrected chi connectivity index (χ1v) is 5.26. The standard InChI is InChI=1S/C7H11Br2N/c1-6-2-3-10-4-5(6)7(6,8)9/h5,10H,2-4H2,1H3/t5-,6+/m1/s1. The molecule has 0 spiro atoms. The molecule has 3 heteroatoms. The number of piperidine rings is 1. The summed E-state index contributed by atoms with van der Waals surface area (Å²) in [5.74, 6) is 0.786. The Balaban J connectivity index is 2.20. The summed E-state index contributed by atoms with van der Waals surface area (Å²) >= 11 is 7.42. The molecule has 58 valence electrons. The topological polar surface area (TPSA) is 12.0 Å². The molecule has 0 radical (unpaired) electrons. The van der Waals surface area contributed by atoms with Crippen molar-refractivity contribution in [1.29, 1.82) is 0 Å². The highest BCUT2D eigenvalue weighted by molar-refractivity contribution is 9.25. The number of nitrogens with one attached hydrogen (secondary N) is 1. The monoisotopic (exact) mass is 267 g/mol. The van der Waals surface area contributed by atoms with Crippen molar-refractivity contribution in [1.82, 2.24) is 5.32 Å². The molecule has 1 aliphatic heterocycles. The number of rotatable bonds is 0. The van der Waals surface area contributed by atoms with Gasteiger partial charge in [0.25, 0.3) is 0 Å². The molecule has 2 atom stereocenters. The molecular formula is C7H11Br2N. The van der Waals surface area contributed by atoms with Crippen molar-refractivity contribution >= 4 is 31.9 Å². The fraction of sp³-hybridized carbons (Fsp3) is 1.00. The molecule has 0 aromatic carbocycles. The van der Waals surface area contributed by atoms with E-state index in [0.29, 0.717) is 5.41 Å². The minimum Gasteiger partial charge on any atom is -0.316 e. The van der Waals surface area contributed by atoms with Crippen molar-refractivity contribution in [3.63, 3.8) is 0 Å². The molecule has 1 heterocycles. The first kappa shape index (κ1) is 7.56. The van der Waals surface area contributed by atoms with Gasteiger partial charge in [-0.2, -0.15) is 0 Å². The Hall–Kier alpha value is 0.920. The van der Waals surface area contributed by atoms with Crippen LogP contribution < -0.4 is 5.32 Å². The maximum Gasteiger partial charge on any atom is 0.0909 e. The summed E-state index contributed by atoms with van der Waals surface area (Å²) in [6, 6.07) is 0. The SMILES string of the molecule is C[C@]12CCNC[C@H]1C2(Br)Br. The van der Waals surface area contributed by atoms with E-state index in [1.54, 1.807) is 0 Å². The van der Waals surface area contributed by atoms with Crippen molar-refractivity contribution in [3.8, 4) is 0 Å². The molecule has 0 aromatic rings. The zero-order valence-electron chi connectivity index (χ0n) is 5.95. The van der Waals surface area contributed by atoms with Crippen LogP contribution in [-0.4, -0.2) is 16.3 Å². The maximum absolute atomic E-state index is 3.71. The second-order valence-corrected chi connectivity index (χ2v) is 7.11. The highest BCUT2D eigenvalue weighted by atomic mass is 79.9. The van der Waals surface area contributed by atoms with Crippen LogP contribution in [0.15, 0.2) is 0 Å². The molecule has 2 aliphatic rings. The van der Waals surface area contributed by atoms with Gasteiger partial charge in [0.15, 0.2) is 0 Å². The first-order chi connectivity index (χ1) is 4.59. The number of fused-ring (bicyclic) bond motifs is 1. The summed E-state index contributed by atoms with van der Waals surface area (Å²) in [6.45, 7) is 4.68. The van der Waals surface area contributed by atoms with Crippen molar-refractivity contribution in [2.45, 2.75) is 16.6 Å². The van der Waals surface area contributed by atoms with E-state index in [9.17, 15) is 0 Å². The number of alkyl halides is 2. The van der Waals surface area contributed by atoms with E-state index in [0.717, 1.165) is 12.5 Å². The van der Waals surface area contributed by atoms with E-state index in [4.69, 9.17) is 0 Å². The summed E-state index contributed by atoms with van der Waals surface area (Å²) in [5, 5.41) is 3.40. The Labute approximate surface area is 78.2 Å². The molecule has 0 amide bonds. The summed E-state index contributed by atoms with van der Waals surface area (Å²) in [5.41, 5.74) is 0.512. The van der Waals surface area contributed by atoms with E-state index in [1.807, 2.05) is 0 Å². The van der Waals surface area contributed by atoms with Crippen LogP contribution in [0.3, 0.4) is 0 Å². The normalized spacial score (nSPS) is 50.1. The zero-order valence-corrected chi connectivity index (χ0v) is 9.13. The molecule has 1 nitrogen and oxygen atoms in total. The minimum absolute atomic E-state index is 0.247. The van der Waals surface area contributed by atoms with Gasteiger partial charge in [0.2, 0.25) is 0 Å². The molecule has 0 bridgehead atoms. The van der Waals surface area contributed by atoms with Crippen LogP contribution in [0, 0.1) is 11.3 Å². The van der Waals surface area contributed by atoms with E-state index in [1.165, 1.54) is 13.0 Å². The fourth-order valence-electron chi connectivity index (χ4n) is 1.96. The minimum atomic E-state index is 0.247. The molecule has 2 fully saturated rings. The summed E-state index contributed by atoms with van der Waals surface area (Å²) < 4.78 is 0.247. The summed E-state index contributed by atoms with van der Waals surface area (Å²) in [7, 11) is 0. The van der Waals surface area contributed by atoms with E-state index >= 15 is 0 Å². The van der Waals surface area contributed by atoms with E-state index in [-0.39, 0.29) is 3.23 Å². The van der Waals surface area contributed by atoms with E-state index in [2.05, 4.69) is 44.1 Å². The van der Waals surface area contributed by atoms with Gasteiger partial charge >= 0.3 is 0 Å². The molecular weight excluding hydrogens is 258 g/mol. The van der Waals surface area contributed by atoms with Crippen molar-refractivity contribution in [2.24, 2.45) is 11.3 Å². The van der Waals surface area contributed by atoms with Gasteiger partial charge in [-0.05, 0) is 13.0 Å². The number of hydrogen-bond acceptors (Lipinski definition) is 1. The number of halogens is 2. The Morgan fingerprint density at radius 2 is 2.20 bits per heavy atom. The van der Waals surface area contributed by atoms with Crippen molar-refractivity contribution in [3.05, 3.63) is 0 Å². The second kappa shape index (κ2) is 1.99. The highest BCUT2D eigenvalue weighted by Crippen LogP contribution is 2.73. The van der Waals surface area contributed by atoms with Gasteiger partial charge in [-0.1, -0.05) is 38.8 Å². The second-order valence-electron chi connectivity index (χ2n) is 3.55. The van der Waals surface area contributed by atoms with Gasteiger partial charge in [-0.3, -0.25) is 0 Å². The van der Waals surface area contributed by atoms with Crippen LogP contribution in [0.2, 0.25) is 0 Å². The Bertz CT molecular complexity index is 169. The lowest BCUT2D eigenvalue weighted by Gasteiger charge is -2.16. The van der Waals surface area contributed by atoms with Gasteiger partial charge in [-0.25, -0.2) is 0 Å². The van der Waals surface area contributed by atoms with Crippen LogP contribution in [0.25, 0.3) is 0 Å². The fourth-order valence-corrected chi connectivity index (χ4v) is 4.02. The van der Waals surface area contributed by atoms with Crippen LogP contribution in [0.4, 0.5) is 0 Å². The van der Waals surface area contributed by atoms with Gasteiger partial charge < -0.3 is 5.32 Å². The van der Waals surface area contributed by atoms with Crippen molar-refractivity contribution < 1.29 is 0 Å². The van der Waals surface area contributed by atoms with Gasteiger partial charge in [0.1, 0.15) is 0 Å². The highest BCUT2D eigenvalue weighted by Gasteiger charge is 2.71. The molecule has 2 rings (SSSR count). The van der Waals surface area contributed by atoms with Crippen LogP contribution in [0.5, 0.6) is 0 Å². The molecule has 0 aromatic heterocycles. The lowest BCUT2D eigenvalue weighted by Crippen LogP contribution is -2.27. The molecule has 1 aliphatic carbocycles. The Kier molecular flexibility index (Phi) is 1.50. The Morgan fingerprint density at radius 3 is 2.60 bits per heavy atom. The summed E-state index contributed by atoms with van der Waals surface area (Å²) in [6.07, 6.45) is 1.29. The third-order valence-electron chi connectivity index (χ3n) is 3.05. The molecule has 0 unspecified atom stereocenters. The predicted molar refractivity (Wildman–Crippen MR) is 49.7 cm³/mol. The average Bonchev–Trinajstić information content (AvgIpc) is 2.30. The van der Waals surface area contributed by atoms with Crippen LogP contribution in [-0.2, 0) is 0 Å². The van der Waals surface area contributed by atoms with Gasteiger partial charge in [-0.15, -0.1) is 0 Å². The lowest BCUT2D eigenvalue weighted by atomic mass is 9.99. The molecule has 10 heavy (non-hydrogen) atoms. The summed E-state index contributed by atoms with van der Waals surface area (Å²) in [4.78, 5) is 0. The van der Waals surface area contributed by atoms with Gasteiger partial charge in [0, 0.05) is 17.9 Å². The molecule has 1 saturated carbocycles. The van der Waals surface area contributed by atoms with Crippen LogP contribution >= 0.6 is 31.9 Å². The zero-order chi connectivity index (χ0) is 7.41.